The molecule has 2 aliphatic heterocycles. The van der Waals surface area contributed by atoms with Crippen molar-refractivity contribution in [3.05, 3.63) is 12.0 Å². The molecule has 1 aromatic heterocycles. The molecular formula is C15H24N4O2. The minimum absolute atomic E-state index is 0.0298. The molecule has 0 saturated carbocycles. The van der Waals surface area contributed by atoms with Crippen molar-refractivity contribution in [2.24, 2.45) is 5.92 Å². The number of aromatic nitrogens is 2. The average molecular weight is 292 g/mol. The number of carbonyl (C=O) groups excluding carboxylic acids is 1. The number of imidazole rings is 1. The van der Waals surface area contributed by atoms with E-state index in [9.17, 15) is 4.79 Å². The van der Waals surface area contributed by atoms with Gasteiger partial charge in [-0.05, 0) is 12.8 Å². The second kappa shape index (κ2) is 6.58. The molecule has 1 fully saturated rings. The number of morpholine rings is 1. The van der Waals surface area contributed by atoms with E-state index in [1.165, 1.54) is 6.42 Å². The molecule has 1 N–H and O–H groups in total. The van der Waals surface area contributed by atoms with Crippen molar-refractivity contribution in [2.75, 3.05) is 38.2 Å². The highest BCUT2D eigenvalue weighted by molar-refractivity contribution is 5.91. The maximum absolute atomic E-state index is 12.4. The molecular weight excluding hydrogens is 268 g/mol. The van der Waals surface area contributed by atoms with Crippen LogP contribution in [-0.4, -0.2) is 53.2 Å². The van der Waals surface area contributed by atoms with Gasteiger partial charge in [-0.15, -0.1) is 0 Å². The Morgan fingerprint density at radius 3 is 3.00 bits per heavy atom. The van der Waals surface area contributed by atoms with Gasteiger partial charge in [-0.1, -0.05) is 6.92 Å². The molecule has 1 aromatic rings. The summed E-state index contributed by atoms with van der Waals surface area (Å²) in [5.74, 6) is 1.99. The number of hydrogen-bond donors (Lipinski definition) is 1. The van der Waals surface area contributed by atoms with Gasteiger partial charge in [0, 0.05) is 38.5 Å². The van der Waals surface area contributed by atoms with E-state index in [1.807, 2.05) is 6.92 Å². The van der Waals surface area contributed by atoms with Gasteiger partial charge in [-0.3, -0.25) is 9.69 Å². The van der Waals surface area contributed by atoms with E-state index in [0.717, 1.165) is 63.9 Å². The summed E-state index contributed by atoms with van der Waals surface area (Å²) in [4.78, 5) is 19.1. The Balaban J connectivity index is 1.56. The summed E-state index contributed by atoms with van der Waals surface area (Å²) in [7, 11) is 0. The highest BCUT2D eigenvalue weighted by atomic mass is 16.5. The molecule has 0 spiro atoms. The van der Waals surface area contributed by atoms with Gasteiger partial charge in [0.05, 0.1) is 19.4 Å². The first-order chi connectivity index (χ1) is 10.2. The van der Waals surface area contributed by atoms with Gasteiger partial charge in [-0.25, -0.2) is 4.98 Å². The number of amides is 1. The molecule has 2 aliphatic rings. The zero-order valence-corrected chi connectivity index (χ0v) is 12.7. The summed E-state index contributed by atoms with van der Waals surface area (Å²) in [5, 5.41) is 3.04. The molecule has 0 aromatic carbocycles. The number of fused-ring (bicyclic) bond motifs is 1. The van der Waals surface area contributed by atoms with E-state index in [0.29, 0.717) is 0 Å². The van der Waals surface area contributed by atoms with Crippen molar-refractivity contribution in [1.82, 2.24) is 14.5 Å². The summed E-state index contributed by atoms with van der Waals surface area (Å²) in [6.07, 6.45) is 5.16. The molecule has 0 bridgehead atoms. The number of carbonyl (C=O) groups is 1. The third-order valence-electron chi connectivity index (χ3n) is 4.30. The first-order valence-corrected chi connectivity index (χ1v) is 7.89. The van der Waals surface area contributed by atoms with Crippen LogP contribution in [0.4, 0.5) is 5.82 Å². The Morgan fingerprint density at radius 1 is 1.38 bits per heavy atom. The predicted molar refractivity (Wildman–Crippen MR) is 80.2 cm³/mol. The van der Waals surface area contributed by atoms with Crippen molar-refractivity contribution < 1.29 is 9.53 Å². The average Bonchev–Trinajstić information content (AvgIpc) is 2.91. The van der Waals surface area contributed by atoms with Crippen LogP contribution < -0.4 is 5.32 Å². The molecule has 21 heavy (non-hydrogen) atoms. The van der Waals surface area contributed by atoms with Crippen LogP contribution >= 0.6 is 0 Å². The van der Waals surface area contributed by atoms with E-state index < -0.39 is 0 Å². The molecule has 1 atom stereocenters. The van der Waals surface area contributed by atoms with Gasteiger partial charge >= 0.3 is 0 Å². The summed E-state index contributed by atoms with van der Waals surface area (Å²) in [6, 6.07) is 0. The normalized spacial score (nSPS) is 20.8. The molecule has 6 heteroatoms. The summed E-state index contributed by atoms with van der Waals surface area (Å²) in [5.41, 5.74) is 0. The third kappa shape index (κ3) is 3.44. The van der Waals surface area contributed by atoms with E-state index in [-0.39, 0.29) is 11.8 Å². The molecule has 0 aliphatic carbocycles. The van der Waals surface area contributed by atoms with Crippen LogP contribution in [0.25, 0.3) is 0 Å². The van der Waals surface area contributed by atoms with Crippen molar-refractivity contribution in [3.8, 4) is 0 Å². The number of nitrogens with zero attached hydrogens (tertiary/aromatic N) is 3. The zero-order valence-electron chi connectivity index (χ0n) is 12.7. The minimum atomic E-state index is -0.0298. The monoisotopic (exact) mass is 292 g/mol. The molecule has 3 rings (SSSR count). The van der Waals surface area contributed by atoms with Crippen LogP contribution in [0, 0.1) is 5.92 Å². The lowest BCUT2D eigenvalue weighted by Gasteiger charge is -2.28. The first-order valence-electron chi connectivity index (χ1n) is 7.89. The quantitative estimate of drug-likeness (QED) is 0.903. The van der Waals surface area contributed by atoms with Crippen LogP contribution in [0.2, 0.25) is 0 Å². The minimum Gasteiger partial charge on any atom is -0.379 e. The van der Waals surface area contributed by atoms with Gasteiger partial charge in [0.1, 0.15) is 11.6 Å². The van der Waals surface area contributed by atoms with E-state index in [4.69, 9.17) is 4.74 Å². The van der Waals surface area contributed by atoms with Crippen LogP contribution in [0.5, 0.6) is 0 Å². The largest absolute Gasteiger partial charge is 0.379 e. The fourth-order valence-corrected chi connectivity index (χ4v) is 3.02. The van der Waals surface area contributed by atoms with Crippen molar-refractivity contribution in [1.29, 1.82) is 0 Å². The summed E-state index contributed by atoms with van der Waals surface area (Å²) in [6.45, 7) is 7.10. The van der Waals surface area contributed by atoms with Gasteiger partial charge in [-0.2, -0.15) is 0 Å². The van der Waals surface area contributed by atoms with Crippen LogP contribution in [-0.2, 0) is 22.5 Å². The molecule has 6 nitrogen and oxygen atoms in total. The number of aryl methyl sites for hydroxylation is 1. The fraction of sp³-hybridized carbons (Fsp3) is 0.733. The van der Waals surface area contributed by atoms with Crippen molar-refractivity contribution in [3.63, 3.8) is 0 Å². The SMILES string of the molecule is CC(CN1CCOCC1)C(=O)Nc1cnc2n1CCCC2. The highest BCUT2D eigenvalue weighted by Crippen LogP contribution is 2.20. The van der Waals surface area contributed by atoms with Crippen LogP contribution in [0.3, 0.4) is 0 Å². The highest BCUT2D eigenvalue weighted by Gasteiger charge is 2.21. The number of ether oxygens (including phenoxy) is 1. The standard InChI is InChI=1S/C15H24N4O2/c1-12(11-18-6-8-21-9-7-18)15(20)17-14-10-16-13-4-2-3-5-19(13)14/h10,12H,2-9,11H2,1H3,(H,17,20). The molecule has 3 heterocycles. The lowest BCUT2D eigenvalue weighted by Crippen LogP contribution is -2.41. The molecule has 0 radical (unpaired) electrons. The second-order valence-corrected chi connectivity index (χ2v) is 5.97. The summed E-state index contributed by atoms with van der Waals surface area (Å²) < 4.78 is 7.48. The van der Waals surface area contributed by atoms with Crippen LogP contribution in [0.15, 0.2) is 6.20 Å². The van der Waals surface area contributed by atoms with Gasteiger partial charge in [0.15, 0.2) is 0 Å². The smallest absolute Gasteiger partial charge is 0.229 e. The van der Waals surface area contributed by atoms with Crippen molar-refractivity contribution >= 4 is 11.7 Å². The Kier molecular flexibility index (Phi) is 4.55. The Hall–Kier alpha value is -1.40. The maximum Gasteiger partial charge on any atom is 0.229 e. The van der Waals surface area contributed by atoms with Crippen molar-refractivity contribution in [2.45, 2.75) is 32.7 Å². The van der Waals surface area contributed by atoms with Gasteiger partial charge in [0.2, 0.25) is 5.91 Å². The first kappa shape index (κ1) is 14.5. The Labute approximate surface area is 125 Å². The second-order valence-electron chi connectivity index (χ2n) is 5.97. The molecule has 1 amide bonds. The zero-order chi connectivity index (χ0) is 14.7. The Morgan fingerprint density at radius 2 is 2.19 bits per heavy atom. The number of hydrogen-bond acceptors (Lipinski definition) is 4. The predicted octanol–water partition coefficient (Wildman–Crippen LogP) is 1.13. The Bertz CT molecular complexity index is 494. The van der Waals surface area contributed by atoms with Gasteiger partial charge < -0.3 is 14.6 Å². The molecule has 1 unspecified atom stereocenters. The van der Waals surface area contributed by atoms with Crippen LogP contribution in [0.1, 0.15) is 25.6 Å². The number of rotatable bonds is 4. The maximum atomic E-state index is 12.4. The third-order valence-corrected chi connectivity index (χ3v) is 4.30. The van der Waals surface area contributed by atoms with E-state index in [2.05, 4.69) is 19.8 Å². The summed E-state index contributed by atoms with van der Waals surface area (Å²) >= 11 is 0. The number of anilines is 1. The van der Waals surface area contributed by atoms with Gasteiger partial charge in [0.25, 0.3) is 0 Å². The number of nitrogens with one attached hydrogen (secondary N) is 1. The molecule has 116 valence electrons. The topological polar surface area (TPSA) is 59.4 Å². The lowest BCUT2D eigenvalue weighted by molar-refractivity contribution is -0.120. The molecule has 1 saturated heterocycles. The van der Waals surface area contributed by atoms with E-state index >= 15 is 0 Å². The lowest BCUT2D eigenvalue weighted by atomic mass is 10.1. The fourth-order valence-electron chi connectivity index (χ4n) is 3.02. The van der Waals surface area contributed by atoms with E-state index in [1.54, 1.807) is 6.20 Å².